The topological polar surface area (TPSA) is 59.6 Å². The van der Waals surface area contributed by atoms with Gasteiger partial charge in [0.2, 0.25) is 5.91 Å². The highest BCUT2D eigenvalue weighted by Crippen LogP contribution is 2.33. The van der Waals surface area contributed by atoms with Crippen LogP contribution in [0.4, 0.5) is 0 Å². The van der Waals surface area contributed by atoms with Crippen LogP contribution < -0.4 is 20.1 Å². The summed E-state index contributed by atoms with van der Waals surface area (Å²) in [5.41, 5.74) is 1.03. The molecule has 0 aromatic heterocycles. The molecule has 1 fully saturated rings. The molecule has 2 rings (SSSR count). The molecule has 1 atom stereocenters. The maximum atomic E-state index is 11.9. The number of hydrogen-bond acceptors (Lipinski definition) is 4. The van der Waals surface area contributed by atoms with Crippen LogP contribution in [-0.2, 0) is 11.3 Å². The van der Waals surface area contributed by atoms with Crippen molar-refractivity contribution in [3.63, 3.8) is 0 Å². The van der Waals surface area contributed by atoms with Crippen LogP contribution in [0.25, 0.3) is 0 Å². The molecule has 21 heavy (non-hydrogen) atoms. The molecule has 1 saturated heterocycles. The van der Waals surface area contributed by atoms with Crippen molar-refractivity contribution >= 4 is 21.8 Å². The van der Waals surface area contributed by atoms with Gasteiger partial charge < -0.3 is 20.1 Å². The molecule has 2 N–H and O–H groups in total. The molecular formula is C15H21BrN2O3. The van der Waals surface area contributed by atoms with Crippen molar-refractivity contribution in [1.82, 2.24) is 10.6 Å². The number of benzene rings is 1. The van der Waals surface area contributed by atoms with Crippen LogP contribution in [0.1, 0.15) is 24.8 Å². The minimum Gasteiger partial charge on any atom is -0.493 e. The molecule has 0 bridgehead atoms. The summed E-state index contributed by atoms with van der Waals surface area (Å²) in [5, 5.41) is 6.25. The van der Waals surface area contributed by atoms with E-state index in [4.69, 9.17) is 9.47 Å². The molecule has 5 nitrogen and oxygen atoms in total. The molecule has 0 aliphatic carbocycles. The summed E-state index contributed by atoms with van der Waals surface area (Å²) < 4.78 is 11.5. The number of halogens is 1. The van der Waals surface area contributed by atoms with Gasteiger partial charge in [-0.2, -0.15) is 0 Å². The minimum atomic E-state index is -0.132. The third-order valence-electron chi connectivity index (χ3n) is 3.63. The van der Waals surface area contributed by atoms with Gasteiger partial charge in [-0.15, -0.1) is 0 Å². The van der Waals surface area contributed by atoms with E-state index in [0.717, 1.165) is 35.8 Å². The van der Waals surface area contributed by atoms with E-state index in [-0.39, 0.29) is 11.9 Å². The number of rotatable bonds is 5. The highest BCUT2D eigenvalue weighted by atomic mass is 79.9. The molecule has 1 aliphatic heterocycles. The Morgan fingerprint density at radius 2 is 2.00 bits per heavy atom. The molecule has 1 amide bonds. The lowest BCUT2D eigenvalue weighted by atomic mass is 10.1. The summed E-state index contributed by atoms with van der Waals surface area (Å²) >= 11 is 3.53. The fourth-order valence-corrected chi connectivity index (χ4v) is 2.86. The molecule has 116 valence electrons. The summed E-state index contributed by atoms with van der Waals surface area (Å²) in [5.74, 6) is 1.45. The van der Waals surface area contributed by atoms with E-state index in [2.05, 4.69) is 26.6 Å². The first kappa shape index (κ1) is 16.1. The van der Waals surface area contributed by atoms with E-state index in [1.165, 1.54) is 0 Å². The maximum absolute atomic E-state index is 11.9. The Morgan fingerprint density at radius 3 is 2.71 bits per heavy atom. The van der Waals surface area contributed by atoms with Gasteiger partial charge in [0, 0.05) is 17.6 Å². The van der Waals surface area contributed by atoms with Gasteiger partial charge in [0.1, 0.15) is 0 Å². The van der Waals surface area contributed by atoms with Gasteiger partial charge in [0.05, 0.1) is 20.3 Å². The van der Waals surface area contributed by atoms with Crippen molar-refractivity contribution in [2.75, 3.05) is 20.8 Å². The van der Waals surface area contributed by atoms with Gasteiger partial charge in [0.25, 0.3) is 0 Å². The van der Waals surface area contributed by atoms with Crippen molar-refractivity contribution in [3.05, 3.63) is 22.2 Å². The summed E-state index contributed by atoms with van der Waals surface area (Å²) in [6.07, 6.45) is 2.98. The second-order valence-electron chi connectivity index (χ2n) is 5.02. The third-order valence-corrected chi connectivity index (χ3v) is 4.36. The largest absolute Gasteiger partial charge is 0.493 e. The van der Waals surface area contributed by atoms with E-state index in [1.807, 2.05) is 12.1 Å². The fraction of sp³-hybridized carbons (Fsp3) is 0.533. The maximum Gasteiger partial charge on any atom is 0.237 e. The molecule has 1 aromatic rings. The van der Waals surface area contributed by atoms with E-state index in [1.54, 1.807) is 14.2 Å². The monoisotopic (exact) mass is 356 g/mol. The van der Waals surface area contributed by atoms with Crippen molar-refractivity contribution in [3.8, 4) is 11.5 Å². The lowest BCUT2D eigenvalue weighted by Crippen LogP contribution is -2.42. The predicted molar refractivity (Wildman–Crippen MR) is 84.7 cm³/mol. The van der Waals surface area contributed by atoms with Crippen LogP contribution in [-0.4, -0.2) is 32.7 Å². The third kappa shape index (κ3) is 4.11. The van der Waals surface area contributed by atoms with Gasteiger partial charge in [-0.05, 0) is 37.0 Å². The van der Waals surface area contributed by atoms with Gasteiger partial charge in [-0.1, -0.05) is 15.9 Å². The summed E-state index contributed by atoms with van der Waals surface area (Å²) in [7, 11) is 3.22. The Morgan fingerprint density at radius 1 is 1.29 bits per heavy atom. The van der Waals surface area contributed by atoms with Crippen LogP contribution in [0.2, 0.25) is 0 Å². The smallest absolute Gasteiger partial charge is 0.237 e. The Bertz CT molecular complexity index is 508. The molecule has 0 unspecified atom stereocenters. The van der Waals surface area contributed by atoms with Gasteiger partial charge in [0.15, 0.2) is 11.5 Å². The van der Waals surface area contributed by atoms with Crippen molar-refractivity contribution < 1.29 is 14.3 Å². The average molecular weight is 357 g/mol. The average Bonchev–Trinajstić information content (AvgIpc) is 2.70. The minimum absolute atomic E-state index is 0.0871. The van der Waals surface area contributed by atoms with Gasteiger partial charge >= 0.3 is 0 Å². The number of nitrogens with one attached hydrogen (secondary N) is 2. The molecule has 0 saturated carbocycles. The van der Waals surface area contributed by atoms with Crippen molar-refractivity contribution in [1.29, 1.82) is 0 Å². The summed E-state index contributed by atoms with van der Waals surface area (Å²) in [4.78, 5) is 11.9. The number of hydrogen-bond donors (Lipinski definition) is 2. The summed E-state index contributed by atoms with van der Waals surface area (Å²) in [6.45, 7) is 1.37. The first-order valence-corrected chi connectivity index (χ1v) is 7.86. The fourth-order valence-electron chi connectivity index (χ4n) is 2.40. The van der Waals surface area contributed by atoms with Crippen LogP contribution in [0.15, 0.2) is 16.6 Å². The Kier molecular flexibility index (Phi) is 5.87. The highest BCUT2D eigenvalue weighted by molar-refractivity contribution is 9.10. The van der Waals surface area contributed by atoms with Crippen LogP contribution in [0.3, 0.4) is 0 Å². The molecule has 1 aliphatic rings. The van der Waals surface area contributed by atoms with Gasteiger partial charge in [-0.25, -0.2) is 0 Å². The van der Waals surface area contributed by atoms with Crippen LogP contribution >= 0.6 is 15.9 Å². The zero-order chi connectivity index (χ0) is 15.2. The number of amides is 1. The van der Waals surface area contributed by atoms with Crippen molar-refractivity contribution in [2.45, 2.75) is 31.8 Å². The first-order chi connectivity index (χ1) is 10.2. The number of ether oxygens (including phenoxy) is 2. The normalized spacial score (nSPS) is 18.8. The van der Waals surface area contributed by atoms with E-state index in [0.29, 0.717) is 18.0 Å². The second-order valence-corrected chi connectivity index (χ2v) is 5.87. The Labute approximate surface area is 133 Å². The zero-order valence-corrected chi connectivity index (χ0v) is 14.0. The Balaban J connectivity index is 2.06. The van der Waals surface area contributed by atoms with Crippen LogP contribution in [0, 0.1) is 0 Å². The van der Waals surface area contributed by atoms with Gasteiger partial charge in [-0.3, -0.25) is 4.79 Å². The molecule has 6 heteroatoms. The van der Waals surface area contributed by atoms with E-state index < -0.39 is 0 Å². The Hall–Kier alpha value is -1.27. The first-order valence-electron chi connectivity index (χ1n) is 7.07. The summed E-state index contributed by atoms with van der Waals surface area (Å²) in [6, 6.07) is 3.67. The number of methoxy groups -OCH3 is 2. The van der Waals surface area contributed by atoms with Crippen LogP contribution in [0.5, 0.6) is 11.5 Å². The SMILES string of the molecule is COc1cc(Br)c(CN[C@@H]2CCCCNC2=O)cc1OC. The highest BCUT2D eigenvalue weighted by Gasteiger charge is 2.20. The lowest BCUT2D eigenvalue weighted by molar-refractivity contribution is -0.122. The predicted octanol–water partition coefficient (Wildman–Crippen LogP) is 2.22. The van der Waals surface area contributed by atoms with Crippen molar-refractivity contribution in [2.24, 2.45) is 0 Å². The van der Waals surface area contributed by atoms with E-state index >= 15 is 0 Å². The molecule has 1 heterocycles. The standard InChI is InChI=1S/C15H21BrN2O3/c1-20-13-7-10(11(16)8-14(13)21-2)9-18-12-5-3-4-6-17-15(12)19/h7-8,12,18H,3-6,9H2,1-2H3,(H,17,19)/t12-/m1/s1. The van der Waals surface area contributed by atoms with E-state index in [9.17, 15) is 4.79 Å². The molecule has 1 aromatic carbocycles. The lowest BCUT2D eigenvalue weighted by Gasteiger charge is -2.17. The number of carbonyl (C=O) groups excluding carboxylic acids is 1. The molecule has 0 spiro atoms. The second kappa shape index (κ2) is 7.66. The zero-order valence-electron chi connectivity index (χ0n) is 12.4. The molecular weight excluding hydrogens is 336 g/mol. The quantitative estimate of drug-likeness (QED) is 0.849. The number of carbonyl (C=O) groups is 1. The molecule has 0 radical (unpaired) electrons.